The molecule has 1 N–H and O–H groups in total. The van der Waals surface area contributed by atoms with Crippen LogP contribution in [0.25, 0.3) is 22.4 Å². The summed E-state index contributed by atoms with van der Waals surface area (Å²) in [5, 5.41) is -0.129. The molecule has 0 saturated carbocycles. The van der Waals surface area contributed by atoms with E-state index in [1.54, 1.807) is 24.3 Å². The van der Waals surface area contributed by atoms with E-state index < -0.39 is 15.6 Å². The lowest BCUT2D eigenvalue weighted by molar-refractivity contribution is 0.517. The Labute approximate surface area is 142 Å². The minimum Gasteiger partial charge on any atom is -0.440 e. The Morgan fingerprint density at radius 1 is 1.08 bits per heavy atom. The fourth-order valence-electron chi connectivity index (χ4n) is 2.43. The van der Waals surface area contributed by atoms with E-state index in [1.165, 1.54) is 30.5 Å². The quantitative estimate of drug-likeness (QED) is 0.605. The van der Waals surface area contributed by atoms with Gasteiger partial charge in [-0.25, -0.2) is 22.8 Å². The molecule has 4 aromatic rings. The van der Waals surface area contributed by atoms with Gasteiger partial charge in [-0.05, 0) is 36.4 Å². The average Bonchev–Trinajstić information content (AvgIpc) is 3.22. The molecule has 0 saturated heterocycles. The standard InChI is InChI=1S/C17H12FN3O3S/c18-12-7-5-11(6-8-12)15-9-19-16(24-15)10-25(22,23)17-20-13-3-1-2-4-14(13)21-17/h1-9H,10H2,(H,20,21). The molecule has 126 valence electrons. The molecule has 0 aliphatic carbocycles. The predicted molar refractivity (Wildman–Crippen MR) is 88.9 cm³/mol. The van der Waals surface area contributed by atoms with Crippen LogP contribution in [0.1, 0.15) is 5.89 Å². The molecule has 2 heterocycles. The summed E-state index contributed by atoms with van der Waals surface area (Å²) >= 11 is 0. The zero-order chi connectivity index (χ0) is 17.4. The zero-order valence-electron chi connectivity index (χ0n) is 12.8. The number of benzene rings is 2. The number of imidazole rings is 1. The Kier molecular flexibility index (Phi) is 3.61. The predicted octanol–water partition coefficient (Wildman–Crippen LogP) is 3.33. The largest absolute Gasteiger partial charge is 0.440 e. The first-order valence-electron chi connectivity index (χ1n) is 7.39. The monoisotopic (exact) mass is 357 g/mol. The SMILES string of the molecule is O=S(=O)(Cc1ncc(-c2ccc(F)cc2)o1)c1nc2ccccc2[nH]1. The highest BCUT2D eigenvalue weighted by Crippen LogP contribution is 2.23. The Hall–Kier alpha value is -3.00. The number of nitrogens with one attached hydrogen (secondary N) is 1. The normalized spacial score (nSPS) is 11.9. The molecule has 6 nitrogen and oxygen atoms in total. The average molecular weight is 357 g/mol. The molecule has 0 unspecified atom stereocenters. The van der Waals surface area contributed by atoms with E-state index in [0.29, 0.717) is 22.4 Å². The van der Waals surface area contributed by atoms with Crippen LogP contribution in [0, 0.1) is 5.82 Å². The van der Waals surface area contributed by atoms with Gasteiger partial charge in [0.2, 0.25) is 20.9 Å². The van der Waals surface area contributed by atoms with Gasteiger partial charge in [-0.3, -0.25) is 0 Å². The molecule has 0 atom stereocenters. The Balaban J connectivity index is 1.62. The van der Waals surface area contributed by atoms with E-state index in [2.05, 4.69) is 15.0 Å². The van der Waals surface area contributed by atoms with Crippen molar-refractivity contribution in [2.45, 2.75) is 10.9 Å². The second-order valence-corrected chi connectivity index (χ2v) is 7.35. The first-order chi connectivity index (χ1) is 12.0. The number of hydrogen-bond acceptors (Lipinski definition) is 5. The highest BCUT2D eigenvalue weighted by molar-refractivity contribution is 7.90. The minimum atomic E-state index is -3.73. The van der Waals surface area contributed by atoms with Gasteiger partial charge in [-0.1, -0.05) is 12.1 Å². The van der Waals surface area contributed by atoms with Gasteiger partial charge in [0.15, 0.2) is 5.76 Å². The lowest BCUT2D eigenvalue weighted by Crippen LogP contribution is -2.07. The molecule has 8 heteroatoms. The summed E-state index contributed by atoms with van der Waals surface area (Å²) in [5.74, 6) is -0.376. The van der Waals surface area contributed by atoms with Gasteiger partial charge in [-0.2, -0.15) is 0 Å². The van der Waals surface area contributed by atoms with E-state index in [1.807, 2.05) is 0 Å². The molecule has 0 amide bonds. The van der Waals surface area contributed by atoms with Crippen molar-refractivity contribution in [1.82, 2.24) is 15.0 Å². The number of para-hydroxylation sites is 2. The third-order valence-electron chi connectivity index (χ3n) is 3.66. The number of halogens is 1. The minimum absolute atomic E-state index is 0.0415. The third kappa shape index (κ3) is 3.03. The number of H-pyrrole nitrogens is 1. The van der Waals surface area contributed by atoms with Crippen LogP contribution in [0.15, 0.2) is 64.3 Å². The van der Waals surface area contributed by atoms with Gasteiger partial charge in [0.05, 0.1) is 17.2 Å². The van der Waals surface area contributed by atoms with Crippen molar-refractivity contribution in [2.75, 3.05) is 0 Å². The summed E-state index contributed by atoms with van der Waals surface area (Å²) in [7, 11) is -3.73. The van der Waals surface area contributed by atoms with Crippen molar-refractivity contribution in [3.8, 4) is 11.3 Å². The molecule has 2 aromatic carbocycles. The van der Waals surface area contributed by atoms with Gasteiger partial charge in [-0.15, -0.1) is 0 Å². The van der Waals surface area contributed by atoms with Crippen molar-refractivity contribution in [3.05, 3.63) is 66.4 Å². The van der Waals surface area contributed by atoms with Crippen molar-refractivity contribution in [1.29, 1.82) is 0 Å². The Bertz CT molecular complexity index is 1110. The summed E-state index contributed by atoms with van der Waals surface area (Å²) in [6, 6.07) is 12.7. The van der Waals surface area contributed by atoms with Gasteiger partial charge in [0, 0.05) is 5.56 Å². The molecule has 0 spiro atoms. The fraction of sp³-hybridized carbons (Fsp3) is 0.0588. The highest BCUT2D eigenvalue weighted by Gasteiger charge is 2.23. The molecule has 0 fully saturated rings. The second-order valence-electron chi connectivity index (χ2n) is 5.44. The van der Waals surface area contributed by atoms with Crippen molar-refractivity contribution >= 4 is 20.9 Å². The number of oxazole rings is 1. The van der Waals surface area contributed by atoms with Crippen LogP contribution in [-0.2, 0) is 15.6 Å². The number of aromatic nitrogens is 3. The van der Waals surface area contributed by atoms with Crippen molar-refractivity contribution in [3.63, 3.8) is 0 Å². The molecule has 0 aliphatic rings. The number of sulfone groups is 1. The summed E-state index contributed by atoms with van der Waals surface area (Å²) in [6.45, 7) is 0. The fourth-order valence-corrected chi connectivity index (χ4v) is 3.53. The van der Waals surface area contributed by atoms with Crippen LogP contribution in [0.5, 0.6) is 0 Å². The lowest BCUT2D eigenvalue weighted by Gasteiger charge is -1.98. The topological polar surface area (TPSA) is 88.8 Å². The zero-order valence-corrected chi connectivity index (χ0v) is 13.6. The van der Waals surface area contributed by atoms with E-state index in [9.17, 15) is 12.8 Å². The maximum Gasteiger partial charge on any atom is 0.226 e. The van der Waals surface area contributed by atoms with Gasteiger partial charge in [0.1, 0.15) is 11.6 Å². The number of fused-ring (bicyclic) bond motifs is 1. The van der Waals surface area contributed by atoms with Crippen molar-refractivity contribution < 1.29 is 17.2 Å². The molecule has 2 aromatic heterocycles. The van der Waals surface area contributed by atoms with Crippen LogP contribution < -0.4 is 0 Å². The van der Waals surface area contributed by atoms with Gasteiger partial charge < -0.3 is 9.40 Å². The van der Waals surface area contributed by atoms with Crippen molar-refractivity contribution in [2.24, 2.45) is 0 Å². The Morgan fingerprint density at radius 3 is 2.60 bits per heavy atom. The van der Waals surface area contributed by atoms with Crippen LogP contribution >= 0.6 is 0 Å². The molecule has 0 aliphatic heterocycles. The first-order valence-corrected chi connectivity index (χ1v) is 9.05. The van der Waals surface area contributed by atoms with E-state index in [-0.39, 0.29) is 16.9 Å². The van der Waals surface area contributed by atoms with E-state index in [0.717, 1.165) is 0 Å². The van der Waals surface area contributed by atoms with Gasteiger partial charge in [0.25, 0.3) is 0 Å². The Morgan fingerprint density at radius 2 is 1.84 bits per heavy atom. The van der Waals surface area contributed by atoms with Crippen LogP contribution in [-0.4, -0.2) is 23.4 Å². The molecular weight excluding hydrogens is 345 g/mol. The van der Waals surface area contributed by atoms with Crippen LogP contribution in [0.4, 0.5) is 4.39 Å². The highest BCUT2D eigenvalue weighted by atomic mass is 32.2. The van der Waals surface area contributed by atoms with E-state index in [4.69, 9.17) is 4.42 Å². The number of rotatable bonds is 4. The van der Waals surface area contributed by atoms with Crippen LogP contribution in [0.3, 0.4) is 0 Å². The number of hydrogen-bond donors (Lipinski definition) is 1. The third-order valence-corrected chi connectivity index (χ3v) is 5.07. The summed E-state index contributed by atoms with van der Waals surface area (Å²) in [5.41, 5.74) is 1.82. The second kappa shape index (κ2) is 5.82. The smallest absolute Gasteiger partial charge is 0.226 e. The maximum absolute atomic E-state index is 13.0. The molecule has 0 bridgehead atoms. The summed E-state index contributed by atoms with van der Waals surface area (Å²) in [4.78, 5) is 10.9. The molecule has 25 heavy (non-hydrogen) atoms. The van der Waals surface area contributed by atoms with Crippen LogP contribution in [0.2, 0.25) is 0 Å². The van der Waals surface area contributed by atoms with E-state index >= 15 is 0 Å². The maximum atomic E-state index is 13.0. The number of nitrogens with zero attached hydrogens (tertiary/aromatic N) is 2. The van der Waals surface area contributed by atoms with Gasteiger partial charge >= 0.3 is 0 Å². The lowest BCUT2D eigenvalue weighted by atomic mass is 10.2. The first kappa shape index (κ1) is 15.5. The molecule has 4 rings (SSSR count). The summed E-state index contributed by atoms with van der Waals surface area (Å²) < 4.78 is 43.5. The summed E-state index contributed by atoms with van der Waals surface area (Å²) in [6.07, 6.45) is 1.41. The molecule has 0 radical (unpaired) electrons. The number of aromatic amines is 1. The molecular formula is C17H12FN3O3S.